The van der Waals surface area contributed by atoms with Crippen LogP contribution in [0.1, 0.15) is 49.7 Å². The lowest BCUT2D eigenvalue weighted by atomic mass is 9.55. The second-order valence-electron chi connectivity index (χ2n) is 7.75. The van der Waals surface area contributed by atoms with Crippen molar-refractivity contribution in [1.82, 2.24) is 0 Å². The Morgan fingerprint density at radius 2 is 2.10 bits per heavy atom. The molecular weight excluding hydrogens is 324 g/mol. The van der Waals surface area contributed by atoms with Gasteiger partial charge in [-0.05, 0) is 72.3 Å². The standard InChI is InChI=1S/C19H25BrO/c1-19-9-8-15-14-5-3-2-4-12(14)6-7-16(15)17(19)10-13(11-20)18(19)21/h2-5,13,15-18,21H,6-11H2,1H3/t13?,15-,16-,17+,18?,19+/m1/s1. The molecule has 1 N–H and O–H groups in total. The number of rotatable bonds is 1. The van der Waals surface area contributed by atoms with Crippen molar-refractivity contribution in [3.8, 4) is 0 Å². The van der Waals surface area contributed by atoms with E-state index in [-0.39, 0.29) is 11.5 Å². The van der Waals surface area contributed by atoms with Crippen LogP contribution < -0.4 is 0 Å². The smallest absolute Gasteiger partial charge is 0.0632 e. The van der Waals surface area contributed by atoms with E-state index in [2.05, 4.69) is 47.1 Å². The van der Waals surface area contributed by atoms with E-state index >= 15 is 0 Å². The number of aryl methyl sites for hydroxylation is 1. The van der Waals surface area contributed by atoms with Crippen LogP contribution in [0.3, 0.4) is 0 Å². The first-order chi connectivity index (χ1) is 10.1. The fraction of sp³-hybridized carbons (Fsp3) is 0.684. The Bertz CT molecular complexity index is 542. The van der Waals surface area contributed by atoms with Crippen molar-refractivity contribution in [3.63, 3.8) is 0 Å². The Hall–Kier alpha value is -0.340. The molecule has 2 fully saturated rings. The van der Waals surface area contributed by atoms with Gasteiger partial charge in [-0.15, -0.1) is 0 Å². The van der Waals surface area contributed by atoms with Crippen LogP contribution in [0.5, 0.6) is 0 Å². The summed E-state index contributed by atoms with van der Waals surface area (Å²) in [6.45, 7) is 2.36. The summed E-state index contributed by atoms with van der Waals surface area (Å²) < 4.78 is 0. The maximum atomic E-state index is 10.8. The summed E-state index contributed by atoms with van der Waals surface area (Å²) >= 11 is 3.63. The minimum Gasteiger partial charge on any atom is -0.392 e. The highest BCUT2D eigenvalue weighted by molar-refractivity contribution is 9.09. The zero-order valence-corrected chi connectivity index (χ0v) is 14.3. The van der Waals surface area contributed by atoms with Crippen LogP contribution in [0.2, 0.25) is 0 Å². The number of halogens is 1. The summed E-state index contributed by atoms with van der Waals surface area (Å²) in [5.74, 6) is 2.70. The lowest BCUT2D eigenvalue weighted by molar-refractivity contribution is -0.0303. The Morgan fingerprint density at radius 3 is 2.90 bits per heavy atom. The molecule has 0 saturated heterocycles. The van der Waals surface area contributed by atoms with Gasteiger partial charge in [0.1, 0.15) is 0 Å². The predicted molar refractivity (Wildman–Crippen MR) is 89.7 cm³/mol. The molecule has 1 aromatic carbocycles. The molecule has 0 amide bonds. The van der Waals surface area contributed by atoms with E-state index in [0.29, 0.717) is 11.8 Å². The third kappa shape index (κ3) is 1.98. The lowest BCUT2D eigenvalue weighted by Gasteiger charge is -2.50. The average Bonchev–Trinajstić information content (AvgIpc) is 2.78. The molecule has 0 aromatic heterocycles. The van der Waals surface area contributed by atoms with Crippen molar-refractivity contribution in [2.45, 2.75) is 51.0 Å². The van der Waals surface area contributed by atoms with Crippen molar-refractivity contribution in [2.75, 3.05) is 5.33 Å². The fourth-order valence-corrected chi connectivity index (χ4v) is 6.44. The van der Waals surface area contributed by atoms with Gasteiger partial charge in [0.25, 0.3) is 0 Å². The number of hydrogen-bond donors (Lipinski definition) is 1. The molecule has 0 bridgehead atoms. The zero-order chi connectivity index (χ0) is 14.6. The first-order valence-corrected chi connectivity index (χ1v) is 9.59. The van der Waals surface area contributed by atoms with Gasteiger partial charge in [-0.3, -0.25) is 0 Å². The minimum absolute atomic E-state index is 0.111. The molecular formula is C19H25BrO. The van der Waals surface area contributed by atoms with Gasteiger partial charge in [0.2, 0.25) is 0 Å². The van der Waals surface area contributed by atoms with Crippen molar-refractivity contribution in [2.24, 2.45) is 23.2 Å². The number of aliphatic hydroxyl groups is 1. The third-order valence-corrected chi connectivity index (χ3v) is 7.79. The molecule has 2 saturated carbocycles. The summed E-state index contributed by atoms with van der Waals surface area (Å²) in [5, 5.41) is 11.8. The average molecular weight is 349 g/mol. The van der Waals surface area contributed by atoms with E-state index in [9.17, 15) is 5.11 Å². The van der Waals surface area contributed by atoms with Crippen molar-refractivity contribution in [3.05, 3.63) is 35.4 Å². The molecule has 0 radical (unpaired) electrons. The number of fused-ring (bicyclic) bond motifs is 5. The molecule has 1 nitrogen and oxygen atoms in total. The molecule has 0 aliphatic heterocycles. The summed E-state index contributed by atoms with van der Waals surface area (Å²) in [6.07, 6.45) is 6.12. The van der Waals surface area contributed by atoms with Gasteiger partial charge < -0.3 is 5.11 Å². The molecule has 21 heavy (non-hydrogen) atoms. The molecule has 2 unspecified atom stereocenters. The molecule has 0 spiro atoms. The van der Waals surface area contributed by atoms with Crippen molar-refractivity contribution in [1.29, 1.82) is 0 Å². The molecule has 6 atom stereocenters. The second kappa shape index (κ2) is 5.09. The van der Waals surface area contributed by atoms with Gasteiger partial charge in [0, 0.05) is 5.33 Å². The Kier molecular flexibility index (Phi) is 3.46. The number of aliphatic hydroxyl groups excluding tert-OH is 1. The van der Waals surface area contributed by atoms with E-state index < -0.39 is 0 Å². The number of alkyl halides is 1. The second-order valence-corrected chi connectivity index (χ2v) is 8.40. The summed E-state index contributed by atoms with van der Waals surface area (Å²) in [7, 11) is 0. The number of hydrogen-bond acceptors (Lipinski definition) is 1. The molecule has 114 valence electrons. The zero-order valence-electron chi connectivity index (χ0n) is 12.8. The lowest BCUT2D eigenvalue weighted by Crippen LogP contribution is -2.44. The SMILES string of the molecule is C[C@]12CC[C@@H]3c4ccccc4CC[C@H]3[C@@H]1CC(CBr)C2O. The molecule has 3 aliphatic carbocycles. The highest BCUT2D eigenvalue weighted by atomic mass is 79.9. The van der Waals surface area contributed by atoms with Gasteiger partial charge in [-0.1, -0.05) is 47.1 Å². The normalized spacial score (nSPS) is 44.8. The van der Waals surface area contributed by atoms with E-state index in [1.54, 1.807) is 11.1 Å². The van der Waals surface area contributed by atoms with Gasteiger partial charge >= 0.3 is 0 Å². The Balaban J connectivity index is 1.69. The van der Waals surface area contributed by atoms with Gasteiger partial charge in [-0.25, -0.2) is 0 Å². The first kappa shape index (κ1) is 14.3. The molecule has 0 heterocycles. The van der Waals surface area contributed by atoms with Gasteiger partial charge in [-0.2, -0.15) is 0 Å². The van der Waals surface area contributed by atoms with E-state index in [1.165, 1.54) is 32.1 Å². The van der Waals surface area contributed by atoms with Crippen LogP contribution >= 0.6 is 15.9 Å². The third-order valence-electron chi connectivity index (χ3n) is 6.95. The van der Waals surface area contributed by atoms with E-state index in [4.69, 9.17) is 0 Å². The Morgan fingerprint density at radius 1 is 1.29 bits per heavy atom. The highest BCUT2D eigenvalue weighted by Crippen LogP contribution is 2.62. The maximum Gasteiger partial charge on any atom is 0.0632 e. The topological polar surface area (TPSA) is 20.2 Å². The molecule has 4 rings (SSSR count). The largest absolute Gasteiger partial charge is 0.392 e. The predicted octanol–water partition coefficient (Wildman–Crippen LogP) is 4.52. The molecule has 2 heteroatoms. The molecule has 1 aromatic rings. The van der Waals surface area contributed by atoms with Crippen LogP contribution in [0.4, 0.5) is 0 Å². The molecule has 3 aliphatic rings. The summed E-state index contributed by atoms with van der Waals surface area (Å²) in [5.41, 5.74) is 3.36. The van der Waals surface area contributed by atoms with Gasteiger partial charge in [0.15, 0.2) is 0 Å². The van der Waals surface area contributed by atoms with Crippen molar-refractivity contribution < 1.29 is 5.11 Å². The summed E-state index contributed by atoms with van der Waals surface area (Å²) in [4.78, 5) is 0. The highest BCUT2D eigenvalue weighted by Gasteiger charge is 2.57. The fourth-order valence-electron chi connectivity index (χ4n) is 5.82. The van der Waals surface area contributed by atoms with E-state index in [1.807, 2.05) is 0 Å². The Labute approximate surface area is 136 Å². The van der Waals surface area contributed by atoms with E-state index in [0.717, 1.165) is 17.2 Å². The van der Waals surface area contributed by atoms with Crippen LogP contribution in [0, 0.1) is 23.2 Å². The monoisotopic (exact) mass is 348 g/mol. The maximum absolute atomic E-state index is 10.8. The van der Waals surface area contributed by atoms with Crippen LogP contribution in [-0.2, 0) is 6.42 Å². The number of benzene rings is 1. The van der Waals surface area contributed by atoms with Gasteiger partial charge in [0.05, 0.1) is 6.10 Å². The van der Waals surface area contributed by atoms with Crippen LogP contribution in [-0.4, -0.2) is 16.5 Å². The van der Waals surface area contributed by atoms with Crippen molar-refractivity contribution >= 4 is 15.9 Å². The quantitative estimate of drug-likeness (QED) is 0.739. The first-order valence-electron chi connectivity index (χ1n) is 8.47. The van der Waals surface area contributed by atoms with Crippen LogP contribution in [0.15, 0.2) is 24.3 Å². The van der Waals surface area contributed by atoms with Crippen LogP contribution in [0.25, 0.3) is 0 Å². The minimum atomic E-state index is -0.111. The summed E-state index contributed by atoms with van der Waals surface area (Å²) in [6, 6.07) is 9.08.